The Kier molecular flexibility index (Phi) is 2.39. The number of nitrogen functional groups attached to an aromatic ring is 1. The molecule has 0 aromatic carbocycles. The summed E-state index contributed by atoms with van der Waals surface area (Å²) in [4.78, 5) is 15.1. The van der Waals surface area contributed by atoms with Gasteiger partial charge in [0, 0.05) is 0 Å². The van der Waals surface area contributed by atoms with Gasteiger partial charge in [0.2, 0.25) is 5.95 Å². The van der Waals surface area contributed by atoms with Gasteiger partial charge in [0.05, 0.1) is 6.61 Å². The van der Waals surface area contributed by atoms with Crippen molar-refractivity contribution in [1.29, 1.82) is 0 Å². The zero-order chi connectivity index (χ0) is 11.7. The van der Waals surface area contributed by atoms with Crippen LogP contribution in [0.2, 0.25) is 0 Å². The number of ether oxygens (including phenoxy) is 1. The summed E-state index contributed by atoms with van der Waals surface area (Å²) in [7, 11) is 0. The average Bonchev–Trinajstić information content (AvgIpc) is 2.56. The van der Waals surface area contributed by atoms with E-state index >= 15 is 0 Å². The first-order chi connectivity index (χ1) is 7.65. The summed E-state index contributed by atoms with van der Waals surface area (Å²) in [6.07, 6.45) is 1.11. The third-order valence-electron chi connectivity index (χ3n) is 1.91. The molecule has 2 N–H and O–H groups in total. The smallest absolute Gasteiger partial charge is 0.345 e. The minimum atomic E-state index is -0.981. The molecular formula is C8H8FN5O2. The Labute approximate surface area is 89.0 Å². The van der Waals surface area contributed by atoms with Crippen molar-refractivity contribution in [1.82, 2.24) is 19.8 Å². The summed E-state index contributed by atoms with van der Waals surface area (Å²) < 4.78 is 19.0. The van der Waals surface area contributed by atoms with Crippen molar-refractivity contribution in [3.05, 3.63) is 17.8 Å². The number of carbonyl (C=O) groups is 1. The predicted molar refractivity (Wildman–Crippen MR) is 51.1 cm³/mol. The number of esters is 1. The van der Waals surface area contributed by atoms with Crippen LogP contribution in [0, 0.1) is 5.95 Å². The topological polar surface area (TPSA) is 95.4 Å². The van der Waals surface area contributed by atoms with Crippen LogP contribution in [0.1, 0.15) is 17.3 Å². The molecule has 0 aliphatic carbocycles. The monoisotopic (exact) mass is 225 g/mol. The van der Waals surface area contributed by atoms with Crippen molar-refractivity contribution in [2.24, 2.45) is 0 Å². The number of carbonyl (C=O) groups excluding carboxylic acids is 1. The quantitative estimate of drug-likeness (QED) is 0.724. The molecule has 7 nitrogen and oxygen atoms in total. The van der Waals surface area contributed by atoms with Gasteiger partial charge in [-0.25, -0.2) is 9.78 Å². The van der Waals surface area contributed by atoms with Crippen LogP contribution in [0.15, 0.2) is 6.33 Å². The van der Waals surface area contributed by atoms with Crippen LogP contribution in [-0.2, 0) is 4.74 Å². The Bertz CT molecular complexity index is 553. The summed E-state index contributed by atoms with van der Waals surface area (Å²) >= 11 is 0. The lowest BCUT2D eigenvalue weighted by atomic mass is 10.3. The van der Waals surface area contributed by atoms with Crippen LogP contribution in [0.3, 0.4) is 0 Å². The molecule has 0 spiro atoms. The summed E-state index contributed by atoms with van der Waals surface area (Å²) in [5.41, 5.74) is 5.18. The van der Waals surface area contributed by atoms with Crippen LogP contribution in [0.25, 0.3) is 5.52 Å². The van der Waals surface area contributed by atoms with Crippen LogP contribution in [0.5, 0.6) is 0 Å². The minimum Gasteiger partial charge on any atom is -0.462 e. The molecule has 84 valence electrons. The molecule has 0 bridgehead atoms. The van der Waals surface area contributed by atoms with Gasteiger partial charge < -0.3 is 10.5 Å². The lowest BCUT2D eigenvalue weighted by Gasteiger charge is -2.00. The molecule has 0 unspecified atom stereocenters. The Morgan fingerprint density at radius 2 is 2.44 bits per heavy atom. The van der Waals surface area contributed by atoms with Crippen LogP contribution < -0.4 is 5.73 Å². The maximum Gasteiger partial charge on any atom is 0.345 e. The lowest BCUT2D eigenvalue weighted by molar-refractivity contribution is 0.0523. The number of rotatable bonds is 2. The fourth-order valence-electron chi connectivity index (χ4n) is 1.28. The second-order valence-corrected chi connectivity index (χ2v) is 2.87. The number of nitrogens with two attached hydrogens (primary N) is 1. The first-order valence-corrected chi connectivity index (χ1v) is 4.47. The van der Waals surface area contributed by atoms with Crippen molar-refractivity contribution in [3.63, 3.8) is 0 Å². The highest BCUT2D eigenvalue weighted by Crippen LogP contribution is 2.18. The minimum absolute atomic E-state index is 0.0125. The molecule has 0 amide bonds. The van der Waals surface area contributed by atoms with Gasteiger partial charge in [-0.2, -0.15) is 4.39 Å². The van der Waals surface area contributed by atoms with Crippen molar-refractivity contribution in [2.75, 3.05) is 12.3 Å². The molecule has 0 atom stereocenters. The molecule has 0 fully saturated rings. The van der Waals surface area contributed by atoms with E-state index < -0.39 is 11.9 Å². The SMILES string of the molecule is CCOC(=O)c1c(F)nn2ncnc(N)c12. The summed E-state index contributed by atoms with van der Waals surface area (Å²) in [6, 6.07) is 0. The second kappa shape index (κ2) is 3.72. The van der Waals surface area contributed by atoms with Gasteiger partial charge in [0.25, 0.3) is 0 Å². The first-order valence-electron chi connectivity index (χ1n) is 4.47. The first kappa shape index (κ1) is 10.3. The maximum absolute atomic E-state index is 13.4. The Hall–Kier alpha value is -2.25. The average molecular weight is 225 g/mol. The van der Waals surface area contributed by atoms with E-state index in [1.54, 1.807) is 6.92 Å². The fraction of sp³-hybridized carbons (Fsp3) is 0.250. The standard InChI is InChI=1S/C8H8FN5O2/c1-2-16-8(15)4-5-7(10)11-3-12-14(5)13-6(4)9/h3H,2H2,1H3,(H2,10,11,12). The molecule has 2 aromatic rings. The van der Waals surface area contributed by atoms with E-state index in [2.05, 4.69) is 19.9 Å². The van der Waals surface area contributed by atoms with Crippen molar-refractivity contribution < 1.29 is 13.9 Å². The summed E-state index contributed by atoms with van der Waals surface area (Å²) in [5, 5.41) is 7.03. The van der Waals surface area contributed by atoms with E-state index in [-0.39, 0.29) is 23.5 Å². The Morgan fingerprint density at radius 1 is 1.69 bits per heavy atom. The van der Waals surface area contributed by atoms with E-state index in [4.69, 9.17) is 5.73 Å². The molecule has 0 aliphatic rings. The van der Waals surface area contributed by atoms with Crippen LogP contribution in [0.4, 0.5) is 10.2 Å². The zero-order valence-electron chi connectivity index (χ0n) is 8.35. The number of hydrogen-bond donors (Lipinski definition) is 1. The third-order valence-corrected chi connectivity index (χ3v) is 1.91. The van der Waals surface area contributed by atoms with Crippen molar-refractivity contribution in [2.45, 2.75) is 6.92 Å². The number of nitrogens with zero attached hydrogens (tertiary/aromatic N) is 4. The summed E-state index contributed by atoms with van der Waals surface area (Å²) in [5.74, 6) is -1.85. The van der Waals surface area contributed by atoms with Gasteiger partial charge in [0.1, 0.15) is 17.4 Å². The number of fused-ring (bicyclic) bond motifs is 1. The molecule has 0 radical (unpaired) electrons. The van der Waals surface area contributed by atoms with Gasteiger partial charge in [-0.05, 0) is 6.92 Å². The highest BCUT2D eigenvalue weighted by atomic mass is 19.1. The Balaban J connectivity index is 2.68. The van der Waals surface area contributed by atoms with E-state index in [9.17, 15) is 9.18 Å². The van der Waals surface area contributed by atoms with Gasteiger partial charge in [0.15, 0.2) is 5.82 Å². The van der Waals surface area contributed by atoms with E-state index in [1.807, 2.05) is 0 Å². The molecule has 0 saturated heterocycles. The lowest BCUT2D eigenvalue weighted by Crippen LogP contribution is -2.08. The number of hydrogen-bond acceptors (Lipinski definition) is 6. The molecule has 0 saturated carbocycles. The largest absolute Gasteiger partial charge is 0.462 e. The van der Waals surface area contributed by atoms with Crippen LogP contribution >= 0.6 is 0 Å². The molecule has 8 heteroatoms. The number of anilines is 1. The van der Waals surface area contributed by atoms with Gasteiger partial charge in [-0.15, -0.1) is 14.8 Å². The predicted octanol–water partition coefficient (Wildman–Crippen LogP) is 0.0223. The highest BCUT2D eigenvalue weighted by molar-refractivity contribution is 5.99. The third kappa shape index (κ3) is 1.44. The van der Waals surface area contributed by atoms with Gasteiger partial charge in [-0.3, -0.25) is 0 Å². The van der Waals surface area contributed by atoms with Crippen molar-refractivity contribution >= 4 is 17.3 Å². The molecule has 16 heavy (non-hydrogen) atoms. The normalized spacial score (nSPS) is 10.6. The number of halogens is 1. The summed E-state index contributed by atoms with van der Waals surface area (Å²) in [6.45, 7) is 1.74. The zero-order valence-corrected chi connectivity index (χ0v) is 8.35. The van der Waals surface area contributed by atoms with E-state index in [1.165, 1.54) is 0 Å². The number of aromatic nitrogens is 4. The Morgan fingerprint density at radius 3 is 3.12 bits per heavy atom. The molecular weight excluding hydrogens is 217 g/mol. The van der Waals surface area contributed by atoms with Crippen LogP contribution in [-0.4, -0.2) is 32.4 Å². The van der Waals surface area contributed by atoms with Gasteiger partial charge in [-0.1, -0.05) is 0 Å². The van der Waals surface area contributed by atoms with E-state index in [0.29, 0.717) is 0 Å². The second-order valence-electron chi connectivity index (χ2n) is 2.87. The molecule has 2 rings (SSSR count). The van der Waals surface area contributed by atoms with E-state index in [0.717, 1.165) is 11.0 Å². The van der Waals surface area contributed by atoms with Crippen molar-refractivity contribution in [3.8, 4) is 0 Å². The highest BCUT2D eigenvalue weighted by Gasteiger charge is 2.23. The fourth-order valence-corrected chi connectivity index (χ4v) is 1.28. The van der Waals surface area contributed by atoms with Gasteiger partial charge >= 0.3 is 5.97 Å². The molecule has 2 aromatic heterocycles. The maximum atomic E-state index is 13.4. The molecule has 2 heterocycles. The molecule has 0 aliphatic heterocycles.